The second-order valence-corrected chi connectivity index (χ2v) is 10.0. The summed E-state index contributed by atoms with van der Waals surface area (Å²) in [6.45, 7) is 0.505. The Labute approximate surface area is 261 Å². The van der Waals surface area contributed by atoms with Crippen LogP contribution >= 0.6 is 0 Å². The molecule has 0 saturated carbocycles. The molecule has 1 aliphatic rings. The van der Waals surface area contributed by atoms with Crippen LogP contribution in [-0.4, -0.2) is 92.7 Å². The minimum atomic E-state index is -1.97. The van der Waals surface area contributed by atoms with Crippen molar-refractivity contribution in [3.05, 3.63) is 98.9 Å². The number of hydrogen-bond acceptors (Lipinski definition) is 13. The molecule has 4 N–H and O–H groups in total. The molecule has 2 heterocycles. The van der Waals surface area contributed by atoms with Gasteiger partial charge in [-0.1, -0.05) is 48.5 Å². The van der Waals surface area contributed by atoms with E-state index >= 15 is 0 Å². The molecule has 15 heteroatoms. The molecule has 0 radical (unpaired) electrons. The number of methoxy groups -OCH3 is 1. The van der Waals surface area contributed by atoms with Crippen molar-refractivity contribution in [1.29, 1.82) is 0 Å². The number of benzene rings is 2. The molecule has 0 unspecified atom stereocenters. The molecule has 1 aromatic heterocycles. The van der Waals surface area contributed by atoms with E-state index in [-0.39, 0.29) is 45.9 Å². The molecule has 0 spiro atoms. The normalized spacial score (nSPS) is 21.1. The van der Waals surface area contributed by atoms with E-state index in [0.717, 1.165) is 18.7 Å². The predicted molar refractivity (Wildman–Crippen MR) is 157 cm³/mol. The number of rotatable bonds is 11. The number of aryl methyl sites for hydroxylation is 1. The number of aromatic nitrogens is 1. The number of aliphatic carboxylic acids is 1. The number of pyridine rings is 1. The number of non-ortho nitro benzene ring substituents is 1. The number of carboxylic acids is 1. The third-order valence-electron chi connectivity index (χ3n) is 7.01. The molecule has 4 rings (SSSR count). The lowest BCUT2D eigenvalue weighted by Crippen LogP contribution is -2.60. The number of carboxylic acid groups (broad SMARTS) is 1. The SMILES string of the molecule is COC(=O)c1c(C)nc(CO[C@@H]2O[C@H](C(=O)O)[C@@H](O)[C@H](O)[C@H]2O)c(C(=O)OC/C=C/c2ccccc2)c1-c1cccc([N+](=O)[O-])c1. The molecule has 0 bridgehead atoms. The summed E-state index contributed by atoms with van der Waals surface area (Å²) in [4.78, 5) is 53.6. The number of nitro groups is 1. The van der Waals surface area contributed by atoms with Crippen LogP contribution in [0.4, 0.5) is 5.69 Å². The third-order valence-corrected chi connectivity index (χ3v) is 7.01. The molecular weight excluding hydrogens is 608 g/mol. The zero-order valence-electron chi connectivity index (χ0n) is 24.5. The number of carbonyl (C=O) groups excluding carboxylic acids is 2. The topological polar surface area (TPSA) is 225 Å². The van der Waals surface area contributed by atoms with Crippen LogP contribution < -0.4 is 0 Å². The number of aliphatic hydroxyl groups is 3. The Kier molecular flexibility index (Phi) is 10.9. The molecule has 1 saturated heterocycles. The van der Waals surface area contributed by atoms with Gasteiger partial charge in [0.1, 0.15) is 24.9 Å². The quantitative estimate of drug-likeness (QED) is 0.134. The van der Waals surface area contributed by atoms with Gasteiger partial charge >= 0.3 is 17.9 Å². The molecule has 46 heavy (non-hydrogen) atoms. The molecule has 2 aromatic carbocycles. The predicted octanol–water partition coefficient (Wildman–Crippen LogP) is 2.03. The highest BCUT2D eigenvalue weighted by Crippen LogP contribution is 2.35. The molecule has 5 atom stereocenters. The fraction of sp³-hybridized carbons (Fsp3) is 0.290. The minimum absolute atomic E-state index is 0.0245. The van der Waals surface area contributed by atoms with Crippen LogP contribution in [-0.2, 0) is 30.3 Å². The molecule has 1 aliphatic heterocycles. The lowest BCUT2D eigenvalue weighted by molar-refractivity contribution is -0.384. The van der Waals surface area contributed by atoms with Gasteiger partial charge in [-0.05, 0) is 24.1 Å². The molecule has 0 aliphatic carbocycles. The maximum atomic E-state index is 13.7. The van der Waals surface area contributed by atoms with Gasteiger partial charge in [0.25, 0.3) is 5.69 Å². The minimum Gasteiger partial charge on any atom is -0.479 e. The lowest BCUT2D eigenvalue weighted by Gasteiger charge is -2.38. The van der Waals surface area contributed by atoms with Crippen molar-refractivity contribution in [3.8, 4) is 11.1 Å². The largest absolute Gasteiger partial charge is 0.479 e. The first-order valence-electron chi connectivity index (χ1n) is 13.7. The van der Waals surface area contributed by atoms with E-state index in [1.165, 1.54) is 25.1 Å². The Morgan fingerprint density at radius 3 is 2.37 bits per heavy atom. The van der Waals surface area contributed by atoms with E-state index in [0.29, 0.717) is 0 Å². The number of hydrogen-bond donors (Lipinski definition) is 4. The van der Waals surface area contributed by atoms with Gasteiger partial charge in [-0.3, -0.25) is 15.1 Å². The molecule has 1 fully saturated rings. The highest BCUT2D eigenvalue weighted by atomic mass is 16.7. The van der Waals surface area contributed by atoms with Crippen LogP contribution in [0, 0.1) is 17.0 Å². The zero-order chi connectivity index (χ0) is 33.5. The molecule has 242 valence electrons. The van der Waals surface area contributed by atoms with Gasteiger partial charge in [0.05, 0.1) is 41.2 Å². The first-order chi connectivity index (χ1) is 21.9. The number of nitrogens with zero attached hydrogens (tertiary/aromatic N) is 2. The lowest BCUT2D eigenvalue weighted by atomic mass is 9.92. The van der Waals surface area contributed by atoms with Gasteiger partial charge in [-0.25, -0.2) is 14.4 Å². The van der Waals surface area contributed by atoms with Crippen LogP contribution in [0.15, 0.2) is 60.7 Å². The van der Waals surface area contributed by atoms with Crippen molar-refractivity contribution in [2.24, 2.45) is 0 Å². The van der Waals surface area contributed by atoms with Crippen LogP contribution in [0.25, 0.3) is 17.2 Å². The Morgan fingerprint density at radius 2 is 1.72 bits per heavy atom. The molecule has 15 nitrogen and oxygen atoms in total. The summed E-state index contributed by atoms with van der Waals surface area (Å²) in [6.07, 6.45) is -6.34. The third kappa shape index (κ3) is 7.42. The number of ether oxygens (including phenoxy) is 4. The maximum absolute atomic E-state index is 13.7. The second-order valence-electron chi connectivity index (χ2n) is 10.0. The standard InChI is InChI=1S/C31H30N2O13/c1-16-21(29(39)43-2)22(18-11-6-12-19(14-18)33(41)42)23(30(40)44-13-7-10-17-8-4-3-5-9-17)20(32-16)15-45-31-26(36)24(34)25(35)27(46-31)28(37)38/h3-12,14,24-27,31,34-36H,13,15H2,1-2H3,(H,37,38)/b10-7+/t24-,25-,26+,27-,31+/m0/s1. The summed E-state index contributed by atoms with van der Waals surface area (Å²) < 4.78 is 21.2. The summed E-state index contributed by atoms with van der Waals surface area (Å²) in [6, 6.07) is 14.3. The number of esters is 2. The van der Waals surface area contributed by atoms with Crippen molar-refractivity contribution >= 4 is 29.7 Å². The van der Waals surface area contributed by atoms with E-state index in [1.54, 1.807) is 12.2 Å². The van der Waals surface area contributed by atoms with Gasteiger partial charge in [0.2, 0.25) is 0 Å². The monoisotopic (exact) mass is 638 g/mol. The average Bonchev–Trinajstić information content (AvgIpc) is 3.04. The van der Waals surface area contributed by atoms with E-state index in [1.807, 2.05) is 30.3 Å². The Bertz CT molecular complexity index is 1640. The van der Waals surface area contributed by atoms with Gasteiger partial charge in [-0.15, -0.1) is 0 Å². The summed E-state index contributed by atoms with van der Waals surface area (Å²) in [5.74, 6) is -3.56. The van der Waals surface area contributed by atoms with Gasteiger partial charge in [0.15, 0.2) is 12.4 Å². The summed E-state index contributed by atoms with van der Waals surface area (Å²) in [5, 5.41) is 51.6. The first kappa shape index (κ1) is 33.8. The zero-order valence-corrected chi connectivity index (χ0v) is 24.5. The summed E-state index contributed by atoms with van der Waals surface area (Å²) in [5.41, 5.74) is -0.292. The van der Waals surface area contributed by atoms with E-state index in [2.05, 4.69) is 4.98 Å². The fourth-order valence-electron chi connectivity index (χ4n) is 4.80. The van der Waals surface area contributed by atoms with E-state index in [4.69, 9.17) is 18.9 Å². The van der Waals surface area contributed by atoms with Gasteiger partial charge < -0.3 is 39.4 Å². The molecular formula is C31H30N2O13. The highest BCUT2D eigenvalue weighted by molar-refractivity contribution is 6.07. The van der Waals surface area contributed by atoms with Crippen LogP contribution in [0.2, 0.25) is 0 Å². The number of carbonyl (C=O) groups is 3. The first-order valence-corrected chi connectivity index (χ1v) is 13.7. The Balaban J connectivity index is 1.80. The molecule has 0 amide bonds. The smallest absolute Gasteiger partial charge is 0.341 e. The fourth-order valence-corrected chi connectivity index (χ4v) is 4.80. The van der Waals surface area contributed by atoms with Gasteiger partial charge in [-0.2, -0.15) is 0 Å². The summed E-state index contributed by atoms with van der Waals surface area (Å²) in [7, 11) is 1.10. The van der Waals surface area contributed by atoms with Crippen molar-refractivity contribution in [3.63, 3.8) is 0 Å². The Hall–Kier alpha value is -5.06. The number of nitro benzene ring substituents is 1. The highest BCUT2D eigenvalue weighted by Gasteiger charge is 2.47. The Morgan fingerprint density at radius 1 is 1.00 bits per heavy atom. The van der Waals surface area contributed by atoms with Crippen LogP contribution in [0.1, 0.15) is 37.7 Å². The second kappa shape index (κ2) is 14.8. The van der Waals surface area contributed by atoms with Crippen LogP contribution in [0.3, 0.4) is 0 Å². The van der Waals surface area contributed by atoms with Gasteiger partial charge in [0, 0.05) is 17.7 Å². The van der Waals surface area contributed by atoms with Crippen molar-refractivity contribution in [1.82, 2.24) is 4.98 Å². The average molecular weight is 639 g/mol. The van der Waals surface area contributed by atoms with Crippen LogP contribution in [0.5, 0.6) is 0 Å². The van der Waals surface area contributed by atoms with E-state index in [9.17, 15) is 44.9 Å². The number of aliphatic hydroxyl groups excluding tert-OH is 3. The maximum Gasteiger partial charge on any atom is 0.341 e. The van der Waals surface area contributed by atoms with Crippen molar-refractivity contribution < 1.29 is 58.7 Å². The van der Waals surface area contributed by atoms with E-state index < -0.39 is 60.1 Å². The molecule has 3 aromatic rings. The summed E-state index contributed by atoms with van der Waals surface area (Å²) >= 11 is 0. The van der Waals surface area contributed by atoms with Crippen molar-refractivity contribution in [2.75, 3.05) is 13.7 Å². The van der Waals surface area contributed by atoms with Crippen molar-refractivity contribution in [2.45, 2.75) is 44.2 Å².